The summed E-state index contributed by atoms with van der Waals surface area (Å²) >= 11 is 1.57. The maximum absolute atomic E-state index is 13.0. The summed E-state index contributed by atoms with van der Waals surface area (Å²) < 4.78 is 0. The number of urea groups is 2. The van der Waals surface area contributed by atoms with Gasteiger partial charge < -0.3 is 10.6 Å². The minimum Gasteiger partial charge on any atom is -0.338 e. The van der Waals surface area contributed by atoms with Crippen LogP contribution in [0.2, 0.25) is 0 Å². The fourth-order valence-corrected chi connectivity index (χ4v) is 4.34. The Bertz CT molecular complexity index is 760. The van der Waals surface area contributed by atoms with Gasteiger partial charge in [-0.3, -0.25) is 19.8 Å². The molecule has 0 saturated carbocycles. The van der Waals surface area contributed by atoms with Crippen molar-refractivity contribution < 1.29 is 19.2 Å². The molecular formula is C17H22N4O4S. The molecule has 0 unspecified atom stereocenters. The summed E-state index contributed by atoms with van der Waals surface area (Å²) in [6.45, 7) is 3.79. The first kappa shape index (κ1) is 18.4. The Labute approximate surface area is 155 Å². The fourth-order valence-electron chi connectivity index (χ4n) is 3.34. The molecule has 26 heavy (non-hydrogen) atoms. The second-order valence-electron chi connectivity index (χ2n) is 6.99. The van der Waals surface area contributed by atoms with E-state index in [0.29, 0.717) is 13.0 Å². The van der Waals surface area contributed by atoms with Crippen LogP contribution in [0, 0.1) is 5.92 Å². The highest BCUT2D eigenvalue weighted by Crippen LogP contribution is 2.41. The molecule has 9 heteroatoms. The highest BCUT2D eigenvalue weighted by molar-refractivity contribution is 7.10. The maximum Gasteiger partial charge on any atom is 0.325 e. The van der Waals surface area contributed by atoms with Crippen molar-refractivity contribution in [1.29, 1.82) is 0 Å². The Hall–Kier alpha value is -2.42. The van der Waals surface area contributed by atoms with E-state index in [1.165, 1.54) is 0 Å². The van der Waals surface area contributed by atoms with Crippen molar-refractivity contribution in [2.24, 2.45) is 5.92 Å². The predicted molar refractivity (Wildman–Crippen MR) is 95.6 cm³/mol. The van der Waals surface area contributed by atoms with E-state index >= 15 is 0 Å². The van der Waals surface area contributed by atoms with Gasteiger partial charge in [0, 0.05) is 17.0 Å². The molecule has 1 aliphatic heterocycles. The van der Waals surface area contributed by atoms with Crippen LogP contribution in [0.25, 0.3) is 0 Å². The van der Waals surface area contributed by atoms with Gasteiger partial charge in [0.2, 0.25) is 5.91 Å². The monoisotopic (exact) mass is 378 g/mol. The van der Waals surface area contributed by atoms with E-state index in [2.05, 4.69) is 16.0 Å². The van der Waals surface area contributed by atoms with Gasteiger partial charge >= 0.3 is 12.1 Å². The Balaban J connectivity index is 1.67. The summed E-state index contributed by atoms with van der Waals surface area (Å²) in [5.41, 5.74) is -0.255. The molecule has 0 aromatic carbocycles. The minimum absolute atomic E-state index is 0.243. The van der Waals surface area contributed by atoms with Crippen molar-refractivity contribution >= 4 is 35.2 Å². The number of rotatable bonds is 4. The first-order valence-corrected chi connectivity index (χ1v) is 9.50. The molecule has 3 N–H and O–H groups in total. The van der Waals surface area contributed by atoms with Gasteiger partial charge in [-0.2, -0.15) is 0 Å². The van der Waals surface area contributed by atoms with E-state index in [4.69, 9.17) is 0 Å². The summed E-state index contributed by atoms with van der Waals surface area (Å²) in [7, 11) is 0. The van der Waals surface area contributed by atoms with Crippen molar-refractivity contribution in [3.8, 4) is 0 Å². The standard InChI is InChI=1S/C17H22N4O4S/c1-10(2)8-18-15(24)19-13(22)9-21-14(23)17(20-16(21)25)6-3-4-12-11(17)5-7-26-12/h5,7,10H,3-4,6,8-9H2,1-2H3,(H,20,25)(H2,18,19,22,24)/t17-/m0/s1. The number of amides is 6. The molecule has 1 atom stereocenters. The first-order valence-electron chi connectivity index (χ1n) is 8.62. The van der Waals surface area contributed by atoms with Crippen molar-refractivity contribution in [2.45, 2.75) is 38.6 Å². The zero-order valence-corrected chi connectivity index (χ0v) is 15.6. The van der Waals surface area contributed by atoms with Crippen LogP contribution in [0.15, 0.2) is 11.4 Å². The van der Waals surface area contributed by atoms with Gasteiger partial charge in [0.1, 0.15) is 12.1 Å². The fraction of sp³-hybridized carbons (Fsp3) is 0.529. The van der Waals surface area contributed by atoms with Gasteiger partial charge in [-0.15, -0.1) is 11.3 Å². The number of carbonyl (C=O) groups excluding carboxylic acids is 4. The summed E-state index contributed by atoms with van der Waals surface area (Å²) in [4.78, 5) is 51.0. The molecule has 1 aromatic heterocycles. The third-order valence-corrected chi connectivity index (χ3v) is 5.54. The zero-order valence-electron chi connectivity index (χ0n) is 14.8. The highest BCUT2D eigenvalue weighted by atomic mass is 32.1. The third kappa shape index (κ3) is 3.31. The molecule has 1 spiro atoms. The number of thiophene rings is 1. The Kier molecular flexibility index (Phi) is 4.99. The third-order valence-electron chi connectivity index (χ3n) is 4.56. The first-order chi connectivity index (χ1) is 12.3. The number of nitrogens with zero attached hydrogens (tertiary/aromatic N) is 1. The minimum atomic E-state index is -1.08. The van der Waals surface area contributed by atoms with Gasteiger partial charge in [0.15, 0.2) is 0 Å². The summed E-state index contributed by atoms with van der Waals surface area (Å²) in [5.74, 6) is -0.888. The lowest BCUT2D eigenvalue weighted by molar-refractivity contribution is -0.135. The SMILES string of the molecule is CC(C)CNC(=O)NC(=O)CN1C(=O)N[C@]2(CCCc3sccc32)C1=O. The summed E-state index contributed by atoms with van der Waals surface area (Å²) in [5, 5.41) is 9.38. The molecule has 1 aromatic rings. The smallest absolute Gasteiger partial charge is 0.325 e. The molecule has 3 rings (SSSR count). The second-order valence-corrected chi connectivity index (χ2v) is 7.99. The van der Waals surface area contributed by atoms with Gasteiger partial charge in [-0.05, 0) is 36.6 Å². The van der Waals surface area contributed by atoms with Crippen LogP contribution in [0.1, 0.15) is 37.1 Å². The van der Waals surface area contributed by atoms with Crippen LogP contribution in [-0.4, -0.2) is 41.9 Å². The number of aryl methyl sites for hydroxylation is 1. The van der Waals surface area contributed by atoms with E-state index in [0.717, 1.165) is 28.2 Å². The number of nitrogens with one attached hydrogen (secondary N) is 3. The number of carbonyl (C=O) groups is 4. The van der Waals surface area contributed by atoms with Crippen molar-refractivity contribution in [3.05, 3.63) is 21.9 Å². The van der Waals surface area contributed by atoms with Gasteiger partial charge in [-0.1, -0.05) is 13.8 Å². The number of fused-ring (bicyclic) bond motifs is 2. The average Bonchev–Trinajstić information content (AvgIpc) is 3.14. The van der Waals surface area contributed by atoms with E-state index in [-0.39, 0.29) is 5.92 Å². The van der Waals surface area contributed by atoms with Crippen LogP contribution in [-0.2, 0) is 21.5 Å². The Morgan fingerprint density at radius 2 is 2.15 bits per heavy atom. The highest BCUT2D eigenvalue weighted by Gasteiger charge is 2.54. The molecule has 0 radical (unpaired) electrons. The van der Waals surface area contributed by atoms with Crippen LogP contribution in [0.5, 0.6) is 0 Å². The predicted octanol–water partition coefficient (Wildman–Crippen LogP) is 1.31. The van der Waals surface area contributed by atoms with E-state index < -0.39 is 36.0 Å². The lowest BCUT2D eigenvalue weighted by Crippen LogP contribution is -2.48. The van der Waals surface area contributed by atoms with Crippen LogP contribution in [0.4, 0.5) is 9.59 Å². The van der Waals surface area contributed by atoms with Gasteiger partial charge in [-0.25, -0.2) is 9.59 Å². The van der Waals surface area contributed by atoms with Crippen molar-refractivity contribution in [3.63, 3.8) is 0 Å². The van der Waals surface area contributed by atoms with E-state index in [1.807, 2.05) is 25.3 Å². The van der Waals surface area contributed by atoms with E-state index in [9.17, 15) is 19.2 Å². The molecule has 1 fully saturated rings. The Morgan fingerprint density at radius 3 is 2.88 bits per heavy atom. The number of imide groups is 2. The summed E-state index contributed by atoms with van der Waals surface area (Å²) in [6, 6.07) is 0.621. The average molecular weight is 378 g/mol. The molecule has 1 saturated heterocycles. The van der Waals surface area contributed by atoms with Gasteiger partial charge in [0.05, 0.1) is 0 Å². The normalized spacial score (nSPS) is 21.7. The number of hydrogen-bond acceptors (Lipinski definition) is 5. The molecule has 2 heterocycles. The molecule has 140 valence electrons. The van der Waals surface area contributed by atoms with Gasteiger partial charge in [0.25, 0.3) is 5.91 Å². The second kappa shape index (κ2) is 7.06. The Morgan fingerprint density at radius 1 is 1.38 bits per heavy atom. The van der Waals surface area contributed by atoms with Crippen molar-refractivity contribution in [2.75, 3.05) is 13.1 Å². The zero-order chi connectivity index (χ0) is 18.9. The quantitative estimate of drug-likeness (QED) is 0.687. The lowest BCUT2D eigenvalue weighted by Gasteiger charge is -2.31. The van der Waals surface area contributed by atoms with Crippen LogP contribution < -0.4 is 16.0 Å². The molecule has 0 bridgehead atoms. The van der Waals surface area contributed by atoms with Crippen molar-refractivity contribution in [1.82, 2.24) is 20.9 Å². The molecule has 2 aliphatic rings. The summed E-state index contributed by atoms with van der Waals surface area (Å²) in [6.07, 6.45) is 2.18. The molecular weight excluding hydrogens is 356 g/mol. The molecule has 6 amide bonds. The molecule has 1 aliphatic carbocycles. The van der Waals surface area contributed by atoms with Crippen LogP contribution in [0.3, 0.4) is 0 Å². The topological polar surface area (TPSA) is 108 Å². The largest absolute Gasteiger partial charge is 0.338 e. The molecule has 8 nitrogen and oxygen atoms in total. The van der Waals surface area contributed by atoms with Crippen LogP contribution >= 0.6 is 11.3 Å². The maximum atomic E-state index is 13.0. The lowest BCUT2D eigenvalue weighted by atomic mass is 9.80. The van der Waals surface area contributed by atoms with E-state index in [1.54, 1.807) is 11.3 Å². The number of hydrogen-bond donors (Lipinski definition) is 3.